The Labute approximate surface area is 150 Å². The summed E-state index contributed by atoms with van der Waals surface area (Å²) in [6.45, 7) is 2.13. The van der Waals surface area contributed by atoms with Gasteiger partial charge in [-0.25, -0.2) is 4.79 Å². The normalized spacial score (nSPS) is 15.2. The Morgan fingerprint density at radius 1 is 1.23 bits per heavy atom. The van der Waals surface area contributed by atoms with Crippen molar-refractivity contribution >= 4 is 11.9 Å². The molecule has 7 nitrogen and oxygen atoms in total. The Balaban J connectivity index is 1.50. The molecule has 1 heterocycles. The first-order valence-corrected chi connectivity index (χ1v) is 8.15. The van der Waals surface area contributed by atoms with Crippen molar-refractivity contribution in [2.75, 3.05) is 19.8 Å². The van der Waals surface area contributed by atoms with Gasteiger partial charge in [-0.1, -0.05) is 18.2 Å². The lowest BCUT2D eigenvalue weighted by Crippen LogP contribution is -2.42. The average Bonchev–Trinajstić information content (AvgIpc) is 2.64. The molecule has 0 saturated heterocycles. The molecule has 0 saturated carbocycles. The van der Waals surface area contributed by atoms with Gasteiger partial charge in [-0.3, -0.25) is 4.79 Å². The highest BCUT2D eigenvalue weighted by Gasteiger charge is 2.21. The standard InChI is InChI=1S/C19H19NO6/c1-12-6-7-14(19(22)23)17(8-12)25-11-18(21)20-9-13-10-24-15-4-2-3-5-16(15)26-13/h2-8,13H,9-11H2,1H3,(H,20,21)(H,22,23)/t13-/m0/s1. The van der Waals surface area contributed by atoms with Gasteiger partial charge in [0.2, 0.25) is 0 Å². The van der Waals surface area contributed by atoms with E-state index in [0.29, 0.717) is 18.1 Å². The zero-order valence-corrected chi connectivity index (χ0v) is 14.2. The number of hydrogen-bond acceptors (Lipinski definition) is 5. The summed E-state index contributed by atoms with van der Waals surface area (Å²) in [5.41, 5.74) is 0.862. The molecule has 0 aromatic heterocycles. The van der Waals surface area contributed by atoms with Gasteiger partial charge >= 0.3 is 5.97 Å². The molecule has 1 amide bonds. The molecule has 0 radical (unpaired) electrons. The van der Waals surface area contributed by atoms with Crippen LogP contribution in [0.3, 0.4) is 0 Å². The second-order valence-corrected chi connectivity index (χ2v) is 5.90. The lowest BCUT2D eigenvalue weighted by atomic mass is 10.1. The number of rotatable bonds is 6. The first-order chi connectivity index (χ1) is 12.5. The topological polar surface area (TPSA) is 94.1 Å². The van der Waals surface area contributed by atoms with Gasteiger partial charge in [0.25, 0.3) is 5.91 Å². The van der Waals surface area contributed by atoms with Crippen LogP contribution in [0.1, 0.15) is 15.9 Å². The Hall–Kier alpha value is -3.22. The number of para-hydroxylation sites is 2. The van der Waals surface area contributed by atoms with Crippen molar-refractivity contribution in [1.82, 2.24) is 5.32 Å². The molecule has 2 aromatic carbocycles. The predicted octanol–water partition coefficient (Wildman–Crippen LogP) is 2.03. The van der Waals surface area contributed by atoms with E-state index in [2.05, 4.69) is 5.32 Å². The number of carbonyl (C=O) groups is 2. The van der Waals surface area contributed by atoms with Crippen molar-refractivity contribution in [1.29, 1.82) is 0 Å². The van der Waals surface area contributed by atoms with Crippen molar-refractivity contribution in [3.05, 3.63) is 53.6 Å². The van der Waals surface area contributed by atoms with E-state index in [9.17, 15) is 9.59 Å². The Morgan fingerprint density at radius 3 is 2.77 bits per heavy atom. The summed E-state index contributed by atoms with van der Waals surface area (Å²) in [5.74, 6) is 0.00938. The molecule has 7 heteroatoms. The highest BCUT2D eigenvalue weighted by molar-refractivity contribution is 5.91. The van der Waals surface area contributed by atoms with Crippen LogP contribution in [-0.2, 0) is 4.79 Å². The molecule has 0 aliphatic carbocycles. The van der Waals surface area contributed by atoms with Crippen molar-refractivity contribution in [2.24, 2.45) is 0 Å². The lowest BCUT2D eigenvalue weighted by molar-refractivity contribution is -0.123. The number of carboxylic acids is 1. The molecule has 0 fully saturated rings. The number of aryl methyl sites for hydroxylation is 1. The van der Waals surface area contributed by atoms with Crippen molar-refractivity contribution in [3.63, 3.8) is 0 Å². The third kappa shape index (κ3) is 4.24. The number of ether oxygens (including phenoxy) is 3. The van der Waals surface area contributed by atoms with Gasteiger partial charge in [0.1, 0.15) is 24.0 Å². The molecule has 3 rings (SSSR count). The van der Waals surface area contributed by atoms with E-state index in [-0.39, 0.29) is 36.5 Å². The van der Waals surface area contributed by atoms with E-state index >= 15 is 0 Å². The van der Waals surface area contributed by atoms with Gasteiger partial charge in [0.15, 0.2) is 18.1 Å². The molecule has 0 bridgehead atoms. The average molecular weight is 357 g/mol. The third-order valence-corrected chi connectivity index (χ3v) is 3.82. The number of carboxylic acid groups (broad SMARTS) is 1. The van der Waals surface area contributed by atoms with Crippen LogP contribution in [0.15, 0.2) is 42.5 Å². The van der Waals surface area contributed by atoms with E-state index < -0.39 is 5.97 Å². The monoisotopic (exact) mass is 357 g/mol. The smallest absolute Gasteiger partial charge is 0.339 e. The van der Waals surface area contributed by atoms with E-state index in [0.717, 1.165) is 5.56 Å². The second-order valence-electron chi connectivity index (χ2n) is 5.90. The number of benzene rings is 2. The minimum atomic E-state index is -1.10. The quantitative estimate of drug-likeness (QED) is 0.822. The first kappa shape index (κ1) is 17.6. The summed E-state index contributed by atoms with van der Waals surface area (Å²) >= 11 is 0. The van der Waals surface area contributed by atoms with Gasteiger partial charge < -0.3 is 24.6 Å². The fourth-order valence-electron chi connectivity index (χ4n) is 2.51. The van der Waals surface area contributed by atoms with E-state index in [1.807, 2.05) is 25.1 Å². The van der Waals surface area contributed by atoms with E-state index in [1.54, 1.807) is 18.2 Å². The number of nitrogens with one attached hydrogen (secondary N) is 1. The van der Waals surface area contributed by atoms with Crippen molar-refractivity contribution in [3.8, 4) is 17.2 Å². The Kier molecular flexibility index (Phi) is 5.26. The SMILES string of the molecule is Cc1ccc(C(=O)O)c(OCC(=O)NC[C@H]2COc3ccccc3O2)c1. The van der Waals surface area contributed by atoms with Gasteiger partial charge in [-0.15, -0.1) is 0 Å². The first-order valence-electron chi connectivity index (χ1n) is 8.15. The molecule has 0 spiro atoms. The zero-order valence-electron chi connectivity index (χ0n) is 14.2. The lowest BCUT2D eigenvalue weighted by Gasteiger charge is -2.26. The summed E-state index contributed by atoms with van der Waals surface area (Å²) in [6.07, 6.45) is -0.303. The van der Waals surface area contributed by atoms with Crippen LogP contribution in [0.25, 0.3) is 0 Å². The van der Waals surface area contributed by atoms with Crippen molar-refractivity contribution < 1.29 is 28.9 Å². The third-order valence-electron chi connectivity index (χ3n) is 3.82. The number of amides is 1. The molecule has 26 heavy (non-hydrogen) atoms. The molecule has 2 N–H and O–H groups in total. The number of aromatic carboxylic acids is 1. The minimum Gasteiger partial charge on any atom is -0.486 e. The number of fused-ring (bicyclic) bond motifs is 1. The number of hydrogen-bond donors (Lipinski definition) is 2. The van der Waals surface area contributed by atoms with E-state index in [1.165, 1.54) is 6.07 Å². The maximum Gasteiger partial charge on any atom is 0.339 e. The molecule has 1 aliphatic rings. The Bertz CT molecular complexity index is 819. The molecule has 1 atom stereocenters. The molecule has 136 valence electrons. The summed E-state index contributed by atoms with van der Waals surface area (Å²) in [4.78, 5) is 23.2. The van der Waals surface area contributed by atoms with Gasteiger partial charge in [0.05, 0.1) is 6.54 Å². The largest absolute Gasteiger partial charge is 0.486 e. The maximum absolute atomic E-state index is 12.0. The molecule has 1 aliphatic heterocycles. The number of carbonyl (C=O) groups excluding carboxylic acids is 1. The van der Waals surface area contributed by atoms with Crippen LogP contribution in [0.5, 0.6) is 17.2 Å². The predicted molar refractivity (Wildman–Crippen MR) is 93.0 cm³/mol. The van der Waals surface area contributed by atoms with Gasteiger partial charge in [0, 0.05) is 0 Å². The summed E-state index contributed by atoms with van der Waals surface area (Å²) < 4.78 is 16.7. The minimum absolute atomic E-state index is 0.0176. The zero-order chi connectivity index (χ0) is 18.5. The fraction of sp³-hybridized carbons (Fsp3) is 0.263. The second kappa shape index (κ2) is 7.77. The van der Waals surface area contributed by atoms with Crippen LogP contribution < -0.4 is 19.5 Å². The van der Waals surface area contributed by atoms with Crippen LogP contribution in [0.4, 0.5) is 0 Å². The molecule has 2 aromatic rings. The van der Waals surface area contributed by atoms with Gasteiger partial charge in [-0.05, 0) is 36.8 Å². The maximum atomic E-state index is 12.0. The summed E-state index contributed by atoms with van der Waals surface area (Å²) in [5, 5.41) is 11.9. The molecular formula is C19H19NO6. The summed E-state index contributed by atoms with van der Waals surface area (Å²) in [7, 11) is 0. The highest BCUT2D eigenvalue weighted by atomic mass is 16.6. The summed E-state index contributed by atoms with van der Waals surface area (Å²) in [6, 6.07) is 12.0. The van der Waals surface area contributed by atoms with Gasteiger partial charge in [-0.2, -0.15) is 0 Å². The Morgan fingerprint density at radius 2 is 2.00 bits per heavy atom. The highest BCUT2D eigenvalue weighted by Crippen LogP contribution is 2.30. The van der Waals surface area contributed by atoms with Crippen LogP contribution >= 0.6 is 0 Å². The molecular weight excluding hydrogens is 338 g/mol. The van der Waals surface area contributed by atoms with Crippen LogP contribution in [0.2, 0.25) is 0 Å². The van der Waals surface area contributed by atoms with Crippen molar-refractivity contribution in [2.45, 2.75) is 13.0 Å². The van der Waals surface area contributed by atoms with Crippen LogP contribution in [0, 0.1) is 6.92 Å². The van der Waals surface area contributed by atoms with E-state index in [4.69, 9.17) is 19.3 Å². The fourth-order valence-corrected chi connectivity index (χ4v) is 2.51. The molecule has 0 unspecified atom stereocenters. The van der Waals surface area contributed by atoms with Crippen LogP contribution in [-0.4, -0.2) is 42.8 Å².